The van der Waals surface area contributed by atoms with E-state index in [9.17, 15) is 4.79 Å². The Balaban J connectivity index is 2.73. The molecule has 0 radical (unpaired) electrons. The molecule has 0 aliphatic rings. The molecular formula is C14H13ClN2O. The van der Waals surface area contributed by atoms with E-state index >= 15 is 0 Å². The molecule has 0 spiro atoms. The molecule has 0 bridgehead atoms. The lowest BCUT2D eigenvalue weighted by Crippen LogP contribution is -2.13. The van der Waals surface area contributed by atoms with Crippen molar-refractivity contribution in [3.8, 4) is 11.1 Å². The second kappa shape index (κ2) is 5.21. The summed E-state index contributed by atoms with van der Waals surface area (Å²) < 4.78 is 0. The first kappa shape index (κ1) is 12.6. The maximum absolute atomic E-state index is 11.5. The molecule has 1 amide bonds. The first-order chi connectivity index (χ1) is 8.65. The number of rotatable bonds is 3. The molecule has 0 atom stereocenters. The third kappa shape index (κ3) is 2.23. The van der Waals surface area contributed by atoms with Crippen LogP contribution in [0.1, 0.15) is 15.9 Å². The van der Waals surface area contributed by atoms with Gasteiger partial charge in [-0.15, -0.1) is 0 Å². The molecule has 0 saturated carbocycles. The SMILES string of the molecule is NCc1ccc(C(N)=O)c(-c2ccccc2)c1Cl. The van der Waals surface area contributed by atoms with Gasteiger partial charge in [-0.25, -0.2) is 0 Å². The summed E-state index contributed by atoms with van der Waals surface area (Å²) in [6, 6.07) is 12.8. The third-order valence-electron chi connectivity index (χ3n) is 2.77. The summed E-state index contributed by atoms with van der Waals surface area (Å²) >= 11 is 6.30. The van der Waals surface area contributed by atoms with Crippen LogP contribution in [0.15, 0.2) is 42.5 Å². The number of carbonyl (C=O) groups is 1. The van der Waals surface area contributed by atoms with Crippen molar-refractivity contribution >= 4 is 17.5 Å². The number of carbonyl (C=O) groups excluding carboxylic acids is 1. The number of primary amides is 1. The van der Waals surface area contributed by atoms with E-state index in [1.165, 1.54) is 0 Å². The lowest BCUT2D eigenvalue weighted by Gasteiger charge is -2.12. The van der Waals surface area contributed by atoms with Crippen LogP contribution in [-0.4, -0.2) is 5.91 Å². The highest BCUT2D eigenvalue weighted by Gasteiger charge is 2.16. The fraction of sp³-hybridized carbons (Fsp3) is 0.0714. The quantitative estimate of drug-likeness (QED) is 0.890. The highest BCUT2D eigenvalue weighted by atomic mass is 35.5. The molecule has 92 valence electrons. The standard InChI is InChI=1S/C14H13ClN2O/c15-13-10(8-16)6-7-11(14(17)18)12(13)9-4-2-1-3-5-9/h1-7H,8,16H2,(H2,17,18). The zero-order chi connectivity index (χ0) is 13.1. The minimum absolute atomic E-state index is 0.317. The van der Waals surface area contributed by atoms with E-state index in [1.54, 1.807) is 12.1 Å². The summed E-state index contributed by atoms with van der Waals surface area (Å²) in [4.78, 5) is 11.5. The minimum atomic E-state index is -0.501. The Morgan fingerprint density at radius 2 is 1.78 bits per heavy atom. The van der Waals surface area contributed by atoms with E-state index in [2.05, 4.69) is 0 Å². The lowest BCUT2D eigenvalue weighted by molar-refractivity contribution is 0.100. The second-order valence-corrected chi connectivity index (χ2v) is 4.27. The van der Waals surface area contributed by atoms with Crippen molar-refractivity contribution in [3.05, 3.63) is 58.6 Å². The number of benzene rings is 2. The largest absolute Gasteiger partial charge is 0.366 e. The van der Waals surface area contributed by atoms with Crippen molar-refractivity contribution in [2.75, 3.05) is 0 Å². The van der Waals surface area contributed by atoms with E-state index in [-0.39, 0.29) is 0 Å². The molecule has 0 unspecified atom stereocenters. The average molecular weight is 261 g/mol. The van der Waals surface area contributed by atoms with Gasteiger partial charge in [0.05, 0.1) is 5.02 Å². The van der Waals surface area contributed by atoms with Crippen LogP contribution in [0, 0.1) is 0 Å². The number of amides is 1. The number of halogens is 1. The van der Waals surface area contributed by atoms with Crippen LogP contribution in [0.25, 0.3) is 11.1 Å². The Morgan fingerprint density at radius 3 is 2.33 bits per heavy atom. The molecule has 18 heavy (non-hydrogen) atoms. The molecule has 0 aliphatic carbocycles. The topological polar surface area (TPSA) is 69.1 Å². The van der Waals surface area contributed by atoms with E-state index in [0.29, 0.717) is 22.7 Å². The first-order valence-corrected chi connectivity index (χ1v) is 5.89. The van der Waals surface area contributed by atoms with Crippen LogP contribution in [0.2, 0.25) is 5.02 Å². The van der Waals surface area contributed by atoms with Crippen LogP contribution >= 0.6 is 11.6 Å². The summed E-state index contributed by atoms with van der Waals surface area (Å²) in [6.45, 7) is 0.317. The molecule has 2 aromatic carbocycles. The predicted molar refractivity (Wildman–Crippen MR) is 73.3 cm³/mol. The van der Waals surface area contributed by atoms with Crippen molar-refractivity contribution in [2.24, 2.45) is 11.5 Å². The summed E-state index contributed by atoms with van der Waals surface area (Å²) in [5.74, 6) is -0.501. The summed E-state index contributed by atoms with van der Waals surface area (Å²) in [7, 11) is 0. The normalized spacial score (nSPS) is 10.3. The Kier molecular flexibility index (Phi) is 3.65. The average Bonchev–Trinajstić information content (AvgIpc) is 2.39. The van der Waals surface area contributed by atoms with E-state index in [1.807, 2.05) is 30.3 Å². The van der Waals surface area contributed by atoms with Crippen molar-refractivity contribution in [2.45, 2.75) is 6.54 Å². The zero-order valence-electron chi connectivity index (χ0n) is 9.69. The van der Waals surface area contributed by atoms with Gasteiger partial charge < -0.3 is 11.5 Å². The molecule has 4 N–H and O–H groups in total. The van der Waals surface area contributed by atoms with Crippen molar-refractivity contribution in [1.82, 2.24) is 0 Å². The van der Waals surface area contributed by atoms with Crippen LogP contribution in [-0.2, 0) is 6.54 Å². The molecule has 0 aliphatic heterocycles. The maximum atomic E-state index is 11.5. The fourth-order valence-corrected chi connectivity index (χ4v) is 2.22. The van der Waals surface area contributed by atoms with Gasteiger partial charge in [0.15, 0.2) is 0 Å². The maximum Gasteiger partial charge on any atom is 0.249 e. The van der Waals surface area contributed by atoms with Gasteiger partial charge in [0.25, 0.3) is 0 Å². The van der Waals surface area contributed by atoms with E-state index < -0.39 is 5.91 Å². The highest BCUT2D eigenvalue weighted by Crippen LogP contribution is 2.33. The van der Waals surface area contributed by atoms with Gasteiger partial charge in [0.2, 0.25) is 5.91 Å². The second-order valence-electron chi connectivity index (χ2n) is 3.90. The predicted octanol–water partition coefficient (Wildman–Crippen LogP) is 2.56. The number of nitrogens with two attached hydrogens (primary N) is 2. The van der Waals surface area contributed by atoms with Crippen molar-refractivity contribution in [1.29, 1.82) is 0 Å². The van der Waals surface area contributed by atoms with Crippen LogP contribution in [0.4, 0.5) is 0 Å². The monoisotopic (exact) mass is 260 g/mol. The fourth-order valence-electron chi connectivity index (χ4n) is 1.87. The molecule has 4 heteroatoms. The van der Waals surface area contributed by atoms with Crippen molar-refractivity contribution in [3.63, 3.8) is 0 Å². The van der Waals surface area contributed by atoms with E-state index in [4.69, 9.17) is 23.1 Å². The summed E-state index contributed by atoms with van der Waals surface area (Å²) in [6.07, 6.45) is 0. The molecular weight excluding hydrogens is 248 g/mol. The molecule has 3 nitrogen and oxygen atoms in total. The van der Waals surface area contributed by atoms with Crippen molar-refractivity contribution < 1.29 is 4.79 Å². The van der Waals surface area contributed by atoms with Crippen LogP contribution < -0.4 is 11.5 Å². The summed E-state index contributed by atoms with van der Waals surface area (Å²) in [5.41, 5.74) is 13.7. The third-order valence-corrected chi connectivity index (χ3v) is 3.20. The Labute approximate surface area is 110 Å². The molecule has 0 heterocycles. The number of hydrogen-bond acceptors (Lipinski definition) is 2. The van der Waals surface area contributed by atoms with Gasteiger partial charge >= 0.3 is 0 Å². The highest BCUT2D eigenvalue weighted by molar-refractivity contribution is 6.35. The van der Waals surface area contributed by atoms with Gasteiger partial charge in [-0.2, -0.15) is 0 Å². The van der Waals surface area contributed by atoms with Gasteiger partial charge in [0.1, 0.15) is 0 Å². The van der Waals surface area contributed by atoms with Gasteiger partial charge in [-0.3, -0.25) is 4.79 Å². The van der Waals surface area contributed by atoms with Gasteiger partial charge in [-0.1, -0.05) is 48.0 Å². The Morgan fingerprint density at radius 1 is 1.11 bits per heavy atom. The molecule has 0 saturated heterocycles. The minimum Gasteiger partial charge on any atom is -0.366 e. The lowest BCUT2D eigenvalue weighted by atomic mass is 9.96. The van der Waals surface area contributed by atoms with Crippen LogP contribution in [0.5, 0.6) is 0 Å². The van der Waals surface area contributed by atoms with Gasteiger partial charge in [0, 0.05) is 17.7 Å². The summed E-state index contributed by atoms with van der Waals surface area (Å²) in [5, 5.41) is 0.486. The first-order valence-electron chi connectivity index (χ1n) is 5.51. The molecule has 2 aromatic rings. The molecule has 2 rings (SSSR count). The Hall–Kier alpha value is -1.84. The Bertz CT molecular complexity index is 582. The smallest absolute Gasteiger partial charge is 0.249 e. The molecule has 0 fully saturated rings. The molecule has 0 aromatic heterocycles. The zero-order valence-corrected chi connectivity index (χ0v) is 10.4. The van der Waals surface area contributed by atoms with Crippen LogP contribution in [0.3, 0.4) is 0 Å². The van der Waals surface area contributed by atoms with E-state index in [0.717, 1.165) is 11.1 Å². The van der Waals surface area contributed by atoms with Gasteiger partial charge in [-0.05, 0) is 17.2 Å². The number of hydrogen-bond donors (Lipinski definition) is 2.